The molecule has 1 saturated heterocycles. The predicted molar refractivity (Wildman–Crippen MR) is 79.0 cm³/mol. The summed E-state index contributed by atoms with van der Waals surface area (Å²) in [7, 11) is 0. The van der Waals surface area contributed by atoms with Gasteiger partial charge >= 0.3 is 5.97 Å². The molecule has 2 rings (SSSR count). The molecule has 2 nitrogen and oxygen atoms in total. The van der Waals surface area contributed by atoms with Gasteiger partial charge in [-0.2, -0.15) is 12.6 Å². The molecule has 0 aromatic rings. The Morgan fingerprint density at radius 2 is 2.41 bits per heavy atom. The molecule has 0 amide bonds. The van der Waals surface area contributed by atoms with E-state index in [1.165, 1.54) is 25.0 Å². The minimum absolute atomic E-state index is 0.0201. The van der Waals surface area contributed by atoms with Crippen molar-refractivity contribution in [3.05, 3.63) is 0 Å². The molecule has 1 aliphatic carbocycles. The highest BCUT2D eigenvalue weighted by atomic mass is 32.2. The summed E-state index contributed by atoms with van der Waals surface area (Å²) < 4.78 is 5.43. The zero-order valence-electron chi connectivity index (χ0n) is 10.2. The number of carbonyl (C=O) groups excluding carboxylic acids is 1. The van der Waals surface area contributed by atoms with E-state index in [1.807, 2.05) is 6.92 Å². The molecule has 3 unspecified atom stereocenters. The van der Waals surface area contributed by atoms with Crippen molar-refractivity contribution in [2.45, 2.75) is 41.9 Å². The quantitative estimate of drug-likeness (QED) is 0.636. The van der Waals surface area contributed by atoms with E-state index in [2.05, 4.69) is 36.2 Å². The van der Waals surface area contributed by atoms with E-state index < -0.39 is 0 Å². The van der Waals surface area contributed by atoms with Crippen LogP contribution in [0, 0.1) is 5.92 Å². The number of thiol groups is 1. The average molecular weight is 292 g/mol. The summed E-state index contributed by atoms with van der Waals surface area (Å²) in [6.45, 7) is 2.37. The lowest BCUT2D eigenvalue weighted by atomic mass is 10.0. The van der Waals surface area contributed by atoms with Crippen LogP contribution >= 0.6 is 36.2 Å². The number of hydrogen-bond acceptors (Lipinski definition) is 5. The zero-order chi connectivity index (χ0) is 12.3. The van der Waals surface area contributed by atoms with Gasteiger partial charge in [0.2, 0.25) is 0 Å². The van der Waals surface area contributed by atoms with Gasteiger partial charge < -0.3 is 4.74 Å². The zero-order valence-corrected chi connectivity index (χ0v) is 12.7. The van der Waals surface area contributed by atoms with Gasteiger partial charge in [0.25, 0.3) is 0 Å². The Morgan fingerprint density at radius 1 is 1.59 bits per heavy atom. The lowest BCUT2D eigenvalue weighted by Crippen LogP contribution is -2.15. The molecule has 2 fully saturated rings. The molecule has 0 bridgehead atoms. The van der Waals surface area contributed by atoms with Crippen LogP contribution in [0.25, 0.3) is 0 Å². The van der Waals surface area contributed by atoms with Gasteiger partial charge in [0, 0.05) is 23.2 Å². The molecule has 0 aromatic heterocycles. The summed E-state index contributed by atoms with van der Waals surface area (Å²) in [6, 6.07) is 0. The maximum absolute atomic E-state index is 11.5. The van der Waals surface area contributed by atoms with Gasteiger partial charge in [-0.1, -0.05) is 0 Å². The average Bonchev–Trinajstić information content (AvgIpc) is 2.87. The van der Waals surface area contributed by atoms with Crippen LogP contribution in [0.4, 0.5) is 0 Å². The van der Waals surface area contributed by atoms with E-state index in [1.54, 1.807) is 0 Å². The first kappa shape index (κ1) is 13.9. The highest BCUT2D eigenvalue weighted by Gasteiger charge is 2.46. The van der Waals surface area contributed by atoms with Gasteiger partial charge in [-0.15, -0.1) is 23.5 Å². The number of hydrogen-bond donors (Lipinski definition) is 1. The van der Waals surface area contributed by atoms with Gasteiger partial charge in [0.15, 0.2) is 0 Å². The van der Waals surface area contributed by atoms with Crippen LogP contribution in [0.5, 0.6) is 0 Å². The van der Waals surface area contributed by atoms with E-state index in [9.17, 15) is 4.79 Å². The second-order valence-electron chi connectivity index (χ2n) is 4.76. The lowest BCUT2D eigenvalue weighted by Gasteiger charge is -2.21. The Hall–Kier alpha value is 0.520. The van der Waals surface area contributed by atoms with Gasteiger partial charge in [0.05, 0.1) is 10.7 Å². The molecule has 17 heavy (non-hydrogen) atoms. The minimum Gasteiger partial charge on any atom is -0.466 e. The summed E-state index contributed by atoms with van der Waals surface area (Å²) in [6.07, 6.45) is 4.21. The first-order valence-electron chi connectivity index (χ1n) is 6.25. The SMILES string of the molecule is CCOC(=O)CC1CCC2(C1)SCC(CS)S2. The molecule has 2 aliphatic rings. The molecule has 1 aliphatic heterocycles. The summed E-state index contributed by atoms with van der Waals surface area (Å²) >= 11 is 8.58. The highest BCUT2D eigenvalue weighted by Crippen LogP contribution is 2.59. The van der Waals surface area contributed by atoms with Crippen LogP contribution in [0.2, 0.25) is 0 Å². The van der Waals surface area contributed by atoms with Crippen LogP contribution in [-0.4, -0.2) is 33.4 Å². The van der Waals surface area contributed by atoms with Crippen LogP contribution in [0.15, 0.2) is 0 Å². The Labute approximate surface area is 117 Å². The first-order valence-corrected chi connectivity index (χ1v) is 8.75. The van der Waals surface area contributed by atoms with Gasteiger partial charge in [-0.25, -0.2) is 0 Å². The van der Waals surface area contributed by atoms with E-state index in [0.29, 0.717) is 28.3 Å². The first-order chi connectivity index (χ1) is 8.17. The Balaban J connectivity index is 1.81. The van der Waals surface area contributed by atoms with Crippen LogP contribution in [0.3, 0.4) is 0 Å². The standard InChI is InChI=1S/C12H20O2S3/c1-2-14-11(13)5-9-3-4-12(6-9)16-8-10(7-15)17-12/h9-10,15H,2-8H2,1H3. The van der Waals surface area contributed by atoms with Crippen molar-refractivity contribution in [2.75, 3.05) is 18.1 Å². The summed E-state index contributed by atoms with van der Waals surface area (Å²) in [5.41, 5.74) is 0. The predicted octanol–water partition coefficient (Wildman–Crippen LogP) is 3.21. The molecular formula is C12H20O2S3. The third-order valence-electron chi connectivity index (χ3n) is 3.41. The topological polar surface area (TPSA) is 26.3 Å². The fourth-order valence-electron chi connectivity index (χ4n) is 2.64. The molecule has 3 atom stereocenters. The van der Waals surface area contributed by atoms with E-state index in [-0.39, 0.29) is 5.97 Å². The Kier molecular flexibility index (Phi) is 5.01. The largest absolute Gasteiger partial charge is 0.466 e. The minimum atomic E-state index is -0.0201. The highest BCUT2D eigenvalue weighted by molar-refractivity contribution is 8.21. The van der Waals surface area contributed by atoms with Gasteiger partial charge in [-0.05, 0) is 32.1 Å². The van der Waals surface area contributed by atoms with Crippen LogP contribution in [-0.2, 0) is 9.53 Å². The Bertz CT molecular complexity index is 285. The van der Waals surface area contributed by atoms with Crippen molar-refractivity contribution in [1.29, 1.82) is 0 Å². The van der Waals surface area contributed by atoms with Crippen molar-refractivity contribution in [3.8, 4) is 0 Å². The number of rotatable bonds is 4. The van der Waals surface area contributed by atoms with E-state index in [0.717, 1.165) is 5.75 Å². The molecule has 0 aromatic carbocycles. The normalized spacial score (nSPS) is 36.6. The maximum Gasteiger partial charge on any atom is 0.306 e. The number of carbonyl (C=O) groups is 1. The molecule has 1 heterocycles. The second kappa shape index (κ2) is 6.11. The molecule has 5 heteroatoms. The van der Waals surface area contributed by atoms with E-state index in [4.69, 9.17) is 4.74 Å². The van der Waals surface area contributed by atoms with E-state index >= 15 is 0 Å². The van der Waals surface area contributed by atoms with Crippen molar-refractivity contribution in [1.82, 2.24) is 0 Å². The van der Waals surface area contributed by atoms with Crippen molar-refractivity contribution < 1.29 is 9.53 Å². The van der Waals surface area contributed by atoms with Crippen LogP contribution in [0.1, 0.15) is 32.6 Å². The van der Waals surface area contributed by atoms with Crippen molar-refractivity contribution in [2.24, 2.45) is 5.92 Å². The molecule has 98 valence electrons. The number of ether oxygens (including phenoxy) is 1. The summed E-state index contributed by atoms with van der Waals surface area (Å²) in [5.74, 6) is 2.71. The summed E-state index contributed by atoms with van der Waals surface area (Å²) in [5, 5.41) is 0.699. The molecular weight excluding hydrogens is 272 g/mol. The second-order valence-corrected chi connectivity index (χ2v) is 8.47. The van der Waals surface area contributed by atoms with Crippen molar-refractivity contribution in [3.63, 3.8) is 0 Å². The summed E-state index contributed by atoms with van der Waals surface area (Å²) in [4.78, 5) is 11.5. The van der Waals surface area contributed by atoms with Gasteiger partial charge in [0.1, 0.15) is 0 Å². The molecule has 0 radical (unpaired) electrons. The Morgan fingerprint density at radius 3 is 3.06 bits per heavy atom. The number of thioether (sulfide) groups is 2. The van der Waals surface area contributed by atoms with Crippen LogP contribution < -0.4 is 0 Å². The smallest absolute Gasteiger partial charge is 0.306 e. The molecule has 0 N–H and O–H groups in total. The number of esters is 1. The molecule has 1 spiro atoms. The fraction of sp³-hybridized carbons (Fsp3) is 0.917. The third-order valence-corrected chi connectivity index (χ3v) is 7.89. The van der Waals surface area contributed by atoms with Crippen molar-refractivity contribution >= 4 is 42.1 Å². The molecule has 1 saturated carbocycles. The fourth-order valence-corrected chi connectivity index (χ4v) is 7.00. The maximum atomic E-state index is 11.5. The lowest BCUT2D eigenvalue weighted by molar-refractivity contribution is -0.144. The monoisotopic (exact) mass is 292 g/mol. The van der Waals surface area contributed by atoms with Gasteiger partial charge in [-0.3, -0.25) is 4.79 Å². The third kappa shape index (κ3) is 3.51.